The summed E-state index contributed by atoms with van der Waals surface area (Å²) < 4.78 is 6.39. The van der Waals surface area contributed by atoms with Gasteiger partial charge < -0.3 is 9.73 Å². The number of halogens is 1. The molecule has 0 amide bonds. The van der Waals surface area contributed by atoms with Gasteiger partial charge in [0.05, 0.1) is 10.7 Å². The Hall–Kier alpha value is -0.540. The summed E-state index contributed by atoms with van der Waals surface area (Å²) in [5.74, 6) is 1.59. The summed E-state index contributed by atoms with van der Waals surface area (Å²) in [6, 6.07) is 1.92. The molecule has 1 N–H and O–H groups in total. The van der Waals surface area contributed by atoms with Crippen LogP contribution in [0.5, 0.6) is 0 Å². The molecular weight excluding hydrogens is 266 g/mol. The molecule has 0 fully saturated rings. The smallest absolute Gasteiger partial charge is 0.140 e. The summed E-state index contributed by atoms with van der Waals surface area (Å²) in [7, 11) is 0. The minimum absolute atomic E-state index is 0.688. The molecule has 0 spiro atoms. The Morgan fingerprint density at radius 2 is 2.31 bits per heavy atom. The predicted octanol–water partition coefficient (Wildman–Crippen LogP) is 4.08. The minimum atomic E-state index is 0.688. The summed E-state index contributed by atoms with van der Waals surface area (Å²) >= 11 is 3.46. The van der Waals surface area contributed by atoms with Crippen molar-refractivity contribution in [3.8, 4) is 0 Å². The van der Waals surface area contributed by atoms with E-state index in [9.17, 15) is 0 Å². The lowest BCUT2D eigenvalue weighted by atomic mass is 10.1. The van der Waals surface area contributed by atoms with E-state index < -0.39 is 0 Å². The van der Waals surface area contributed by atoms with Crippen molar-refractivity contribution < 1.29 is 4.42 Å². The SMILES string of the molecule is CC/C(=C/c1occc1Br)CNCC(C)C. The van der Waals surface area contributed by atoms with Crippen molar-refractivity contribution >= 4 is 22.0 Å². The molecule has 1 aromatic heterocycles. The fourth-order valence-electron chi connectivity index (χ4n) is 1.39. The van der Waals surface area contributed by atoms with Crippen molar-refractivity contribution in [1.82, 2.24) is 5.32 Å². The Morgan fingerprint density at radius 3 is 2.81 bits per heavy atom. The quantitative estimate of drug-likeness (QED) is 0.852. The van der Waals surface area contributed by atoms with Crippen LogP contribution in [-0.2, 0) is 0 Å². The van der Waals surface area contributed by atoms with Gasteiger partial charge in [0, 0.05) is 6.54 Å². The monoisotopic (exact) mass is 285 g/mol. The number of hydrogen-bond acceptors (Lipinski definition) is 2. The lowest BCUT2D eigenvalue weighted by Crippen LogP contribution is -2.21. The van der Waals surface area contributed by atoms with Crippen LogP contribution in [0.15, 0.2) is 26.8 Å². The second kappa shape index (κ2) is 6.92. The highest BCUT2D eigenvalue weighted by Crippen LogP contribution is 2.21. The van der Waals surface area contributed by atoms with Crippen molar-refractivity contribution in [2.45, 2.75) is 27.2 Å². The van der Waals surface area contributed by atoms with Crippen LogP contribution in [0, 0.1) is 5.92 Å². The van der Waals surface area contributed by atoms with Crippen LogP contribution in [-0.4, -0.2) is 13.1 Å². The fourth-order valence-corrected chi connectivity index (χ4v) is 1.71. The minimum Gasteiger partial charge on any atom is -0.464 e. The molecule has 2 nitrogen and oxygen atoms in total. The van der Waals surface area contributed by atoms with Crippen LogP contribution in [0.4, 0.5) is 0 Å². The average Bonchev–Trinajstić information content (AvgIpc) is 2.62. The molecule has 0 aliphatic heterocycles. The van der Waals surface area contributed by atoms with Gasteiger partial charge in [-0.3, -0.25) is 0 Å². The third-order valence-corrected chi connectivity index (χ3v) is 2.99. The number of nitrogens with one attached hydrogen (secondary N) is 1. The van der Waals surface area contributed by atoms with Crippen LogP contribution in [0.1, 0.15) is 33.0 Å². The summed E-state index contributed by atoms with van der Waals surface area (Å²) in [6.07, 6.45) is 4.85. The second-order valence-corrected chi connectivity index (χ2v) is 5.17. The summed E-state index contributed by atoms with van der Waals surface area (Å²) in [5.41, 5.74) is 1.36. The van der Waals surface area contributed by atoms with Gasteiger partial charge in [0.15, 0.2) is 0 Å². The highest BCUT2D eigenvalue weighted by Gasteiger charge is 2.02. The van der Waals surface area contributed by atoms with Gasteiger partial charge in [-0.25, -0.2) is 0 Å². The molecular formula is C13H20BrNO. The first-order valence-electron chi connectivity index (χ1n) is 5.76. The standard InChI is InChI=1S/C13H20BrNO/c1-4-11(9-15-8-10(2)3)7-13-12(14)5-6-16-13/h5-7,10,15H,4,8-9H2,1-3H3/b11-7-. The average molecular weight is 286 g/mol. The highest BCUT2D eigenvalue weighted by molar-refractivity contribution is 9.10. The molecule has 0 bridgehead atoms. The van der Waals surface area contributed by atoms with E-state index in [1.165, 1.54) is 5.57 Å². The van der Waals surface area contributed by atoms with Crippen LogP contribution in [0.25, 0.3) is 6.08 Å². The fraction of sp³-hybridized carbons (Fsp3) is 0.538. The second-order valence-electron chi connectivity index (χ2n) is 4.31. The molecule has 90 valence electrons. The Kier molecular flexibility index (Phi) is 5.85. The molecule has 0 aromatic carbocycles. The van der Waals surface area contributed by atoms with Crippen molar-refractivity contribution in [3.63, 3.8) is 0 Å². The largest absolute Gasteiger partial charge is 0.464 e. The van der Waals surface area contributed by atoms with E-state index in [1.54, 1.807) is 6.26 Å². The first-order valence-corrected chi connectivity index (χ1v) is 6.56. The Labute approximate surface area is 106 Å². The van der Waals surface area contributed by atoms with Gasteiger partial charge in [-0.1, -0.05) is 26.3 Å². The first kappa shape index (κ1) is 13.5. The molecule has 0 aliphatic rings. The number of furan rings is 1. The Bertz CT molecular complexity index is 341. The van der Waals surface area contributed by atoms with Crippen molar-refractivity contribution in [2.75, 3.05) is 13.1 Å². The van der Waals surface area contributed by atoms with E-state index in [0.29, 0.717) is 5.92 Å². The summed E-state index contributed by atoms with van der Waals surface area (Å²) in [4.78, 5) is 0. The molecule has 0 saturated carbocycles. The molecule has 16 heavy (non-hydrogen) atoms. The maximum atomic E-state index is 5.37. The van der Waals surface area contributed by atoms with Gasteiger partial charge in [0.25, 0.3) is 0 Å². The third-order valence-electron chi connectivity index (χ3n) is 2.34. The maximum Gasteiger partial charge on any atom is 0.140 e. The zero-order chi connectivity index (χ0) is 12.0. The predicted molar refractivity (Wildman–Crippen MR) is 72.4 cm³/mol. The molecule has 0 saturated heterocycles. The third kappa shape index (κ3) is 4.54. The number of rotatable bonds is 6. The van der Waals surface area contributed by atoms with Crippen LogP contribution in [0.3, 0.4) is 0 Å². The number of hydrogen-bond donors (Lipinski definition) is 1. The topological polar surface area (TPSA) is 25.2 Å². The highest BCUT2D eigenvalue weighted by atomic mass is 79.9. The van der Waals surface area contributed by atoms with Gasteiger partial charge in [-0.2, -0.15) is 0 Å². The van der Waals surface area contributed by atoms with Crippen molar-refractivity contribution in [3.05, 3.63) is 28.1 Å². The van der Waals surface area contributed by atoms with E-state index in [1.807, 2.05) is 6.07 Å². The van der Waals surface area contributed by atoms with Gasteiger partial charge in [-0.15, -0.1) is 0 Å². The van der Waals surface area contributed by atoms with Gasteiger partial charge >= 0.3 is 0 Å². The van der Waals surface area contributed by atoms with E-state index in [2.05, 4.69) is 48.1 Å². The maximum absolute atomic E-state index is 5.37. The molecule has 0 unspecified atom stereocenters. The van der Waals surface area contributed by atoms with Gasteiger partial charge in [0.1, 0.15) is 5.76 Å². The van der Waals surface area contributed by atoms with E-state index in [4.69, 9.17) is 4.42 Å². The molecule has 0 atom stereocenters. The first-order chi connectivity index (χ1) is 7.63. The molecule has 0 radical (unpaired) electrons. The zero-order valence-electron chi connectivity index (χ0n) is 10.2. The molecule has 0 aliphatic carbocycles. The molecule has 1 rings (SSSR count). The molecule has 1 heterocycles. The molecule has 3 heteroatoms. The summed E-state index contributed by atoms with van der Waals surface area (Å²) in [6.45, 7) is 8.58. The van der Waals surface area contributed by atoms with Crippen molar-refractivity contribution in [2.24, 2.45) is 5.92 Å². The summed E-state index contributed by atoms with van der Waals surface area (Å²) in [5, 5.41) is 3.44. The van der Waals surface area contributed by atoms with Gasteiger partial charge in [-0.05, 0) is 47.0 Å². The van der Waals surface area contributed by atoms with Crippen LogP contribution in [0.2, 0.25) is 0 Å². The van der Waals surface area contributed by atoms with Gasteiger partial charge in [0.2, 0.25) is 0 Å². The Morgan fingerprint density at radius 1 is 1.56 bits per heavy atom. The zero-order valence-corrected chi connectivity index (χ0v) is 11.8. The Balaban J connectivity index is 2.54. The molecule has 1 aromatic rings. The normalized spacial score (nSPS) is 12.4. The van der Waals surface area contributed by atoms with Crippen LogP contribution >= 0.6 is 15.9 Å². The van der Waals surface area contributed by atoms with E-state index in [-0.39, 0.29) is 0 Å². The lowest BCUT2D eigenvalue weighted by Gasteiger charge is -2.09. The van der Waals surface area contributed by atoms with Crippen molar-refractivity contribution in [1.29, 1.82) is 0 Å². The van der Waals surface area contributed by atoms with E-state index >= 15 is 0 Å². The van der Waals surface area contributed by atoms with E-state index in [0.717, 1.165) is 29.7 Å². The lowest BCUT2D eigenvalue weighted by molar-refractivity contribution is 0.552. The van der Waals surface area contributed by atoms with Crippen LogP contribution < -0.4 is 5.32 Å².